The molecule has 1 aliphatic carbocycles. The number of hydrogen-bond donors (Lipinski definition) is 0. The van der Waals surface area contributed by atoms with Crippen molar-refractivity contribution in [3.05, 3.63) is 12.2 Å². The summed E-state index contributed by atoms with van der Waals surface area (Å²) >= 11 is 0. The van der Waals surface area contributed by atoms with E-state index in [1.807, 2.05) is 0 Å². The normalized spacial score (nSPS) is 46.2. The van der Waals surface area contributed by atoms with Crippen LogP contribution in [0.1, 0.15) is 33.1 Å². The first-order valence-corrected chi connectivity index (χ1v) is 5.07. The minimum atomic E-state index is 0.176. The Morgan fingerprint density at radius 2 is 2.42 bits per heavy atom. The Morgan fingerprint density at radius 3 is 3.17 bits per heavy atom. The Balaban J connectivity index is 2.21. The predicted octanol–water partition coefficient (Wildman–Crippen LogP) is 2.77. The van der Waals surface area contributed by atoms with Crippen LogP contribution in [0.25, 0.3) is 0 Å². The second kappa shape index (κ2) is 2.88. The van der Waals surface area contributed by atoms with Crippen molar-refractivity contribution < 1.29 is 4.74 Å². The first-order valence-electron chi connectivity index (χ1n) is 5.07. The fourth-order valence-corrected chi connectivity index (χ4v) is 2.74. The van der Waals surface area contributed by atoms with Gasteiger partial charge in [-0.25, -0.2) is 0 Å². The molecule has 0 N–H and O–H groups in total. The van der Waals surface area contributed by atoms with Crippen LogP contribution in [0, 0.1) is 11.8 Å². The van der Waals surface area contributed by atoms with Gasteiger partial charge in [0.2, 0.25) is 0 Å². The molecule has 1 heteroatoms. The van der Waals surface area contributed by atoms with Crippen molar-refractivity contribution >= 4 is 0 Å². The summed E-state index contributed by atoms with van der Waals surface area (Å²) in [5.74, 6) is 1.55. The van der Waals surface area contributed by atoms with E-state index >= 15 is 0 Å². The Kier molecular flexibility index (Phi) is 1.99. The van der Waals surface area contributed by atoms with Crippen molar-refractivity contribution in [2.45, 2.75) is 38.7 Å². The zero-order chi connectivity index (χ0) is 8.60. The van der Waals surface area contributed by atoms with Crippen LogP contribution in [0.15, 0.2) is 12.2 Å². The lowest BCUT2D eigenvalue weighted by Crippen LogP contribution is -2.37. The van der Waals surface area contributed by atoms with Crippen LogP contribution in [0.3, 0.4) is 0 Å². The van der Waals surface area contributed by atoms with Crippen molar-refractivity contribution in [3.8, 4) is 0 Å². The lowest BCUT2D eigenvalue weighted by atomic mass is 9.72. The van der Waals surface area contributed by atoms with Crippen LogP contribution < -0.4 is 0 Å². The molecule has 1 saturated heterocycles. The highest BCUT2D eigenvalue weighted by Crippen LogP contribution is 2.44. The minimum Gasteiger partial charge on any atom is -0.375 e. The quantitative estimate of drug-likeness (QED) is 0.544. The molecule has 1 aliphatic heterocycles. The van der Waals surface area contributed by atoms with Crippen molar-refractivity contribution in [3.63, 3.8) is 0 Å². The largest absolute Gasteiger partial charge is 0.375 e. The van der Waals surface area contributed by atoms with E-state index in [4.69, 9.17) is 4.74 Å². The molecule has 1 heterocycles. The van der Waals surface area contributed by atoms with Gasteiger partial charge in [-0.1, -0.05) is 19.1 Å². The first-order chi connectivity index (χ1) is 5.76. The third kappa shape index (κ3) is 1.11. The van der Waals surface area contributed by atoms with Gasteiger partial charge in [0, 0.05) is 6.61 Å². The molecule has 0 spiro atoms. The summed E-state index contributed by atoms with van der Waals surface area (Å²) in [6.45, 7) is 5.52. The summed E-state index contributed by atoms with van der Waals surface area (Å²) in [5, 5.41) is 0. The fraction of sp³-hybridized carbons (Fsp3) is 0.818. The number of fused-ring (bicyclic) bond motifs is 1. The summed E-state index contributed by atoms with van der Waals surface area (Å²) in [6, 6.07) is 0. The molecule has 2 rings (SSSR count). The summed E-state index contributed by atoms with van der Waals surface area (Å²) in [6.07, 6.45) is 8.34. The van der Waals surface area contributed by atoms with Crippen molar-refractivity contribution in [2.75, 3.05) is 6.61 Å². The maximum Gasteiger partial charge on any atom is 0.0723 e. The van der Waals surface area contributed by atoms with E-state index in [-0.39, 0.29) is 5.60 Å². The van der Waals surface area contributed by atoms with Crippen LogP contribution >= 0.6 is 0 Å². The molecule has 0 aromatic rings. The fourth-order valence-electron chi connectivity index (χ4n) is 2.74. The third-order valence-electron chi connectivity index (χ3n) is 3.54. The van der Waals surface area contributed by atoms with Gasteiger partial charge in [-0.05, 0) is 38.0 Å². The number of ether oxygens (including phenoxy) is 1. The van der Waals surface area contributed by atoms with Crippen molar-refractivity contribution in [2.24, 2.45) is 11.8 Å². The van der Waals surface area contributed by atoms with Crippen LogP contribution in [-0.4, -0.2) is 12.2 Å². The molecular formula is C11H18O. The lowest BCUT2D eigenvalue weighted by Gasteiger charge is -2.36. The van der Waals surface area contributed by atoms with E-state index < -0.39 is 0 Å². The Bertz CT molecular complexity index is 197. The minimum absolute atomic E-state index is 0.176. The van der Waals surface area contributed by atoms with E-state index in [0.29, 0.717) is 0 Å². The van der Waals surface area contributed by atoms with Crippen LogP contribution in [0.5, 0.6) is 0 Å². The summed E-state index contributed by atoms with van der Waals surface area (Å²) in [5.41, 5.74) is 0.176. The molecule has 0 bridgehead atoms. The molecule has 1 nitrogen and oxygen atoms in total. The maximum atomic E-state index is 5.83. The molecule has 0 amide bonds. The molecule has 2 aliphatic rings. The Hall–Kier alpha value is -0.300. The molecule has 0 radical (unpaired) electrons. The Labute approximate surface area is 74.8 Å². The lowest BCUT2D eigenvalue weighted by molar-refractivity contribution is -0.0176. The highest BCUT2D eigenvalue weighted by Gasteiger charge is 2.43. The number of allylic oxidation sites excluding steroid dienone is 1. The van der Waals surface area contributed by atoms with Crippen LogP contribution in [0.4, 0.5) is 0 Å². The topological polar surface area (TPSA) is 9.23 Å². The highest BCUT2D eigenvalue weighted by molar-refractivity contribution is 5.08. The monoisotopic (exact) mass is 166 g/mol. The van der Waals surface area contributed by atoms with E-state index in [9.17, 15) is 0 Å². The van der Waals surface area contributed by atoms with Crippen molar-refractivity contribution in [1.82, 2.24) is 0 Å². The smallest absolute Gasteiger partial charge is 0.0723 e. The van der Waals surface area contributed by atoms with Gasteiger partial charge >= 0.3 is 0 Å². The summed E-state index contributed by atoms with van der Waals surface area (Å²) in [4.78, 5) is 0. The van der Waals surface area contributed by atoms with Gasteiger partial charge in [-0.3, -0.25) is 0 Å². The molecule has 0 aromatic carbocycles. The molecule has 0 saturated carbocycles. The van der Waals surface area contributed by atoms with Gasteiger partial charge in [0.15, 0.2) is 0 Å². The predicted molar refractivity (Wildman–Crippen MR) is 50.0 cm³/mol. The Morgan fingerprint density at radius 1 is 1.58 bits per heavy atom. The molecular weight excluding hydrogens is 148 g/mol. The molecule has 0 aromatic heterocycles. The molecule has 68 valence electrons. The standard InChI is InChI=1S/C11H18O/c1-3-9-5-4-7-11(2)10(9)6-8-12-11/h4-5,9-10H,3,6-8H2,1-2H3/t9-,10+,11+/m1/s1. The first kappa shape index (κ1) is 8.31. The van der Waals surface area contributed by atoms with Gasteiger partial charge in [0.05, 0.1) is 5.60 Å². The molecule has 0 unspecified atom stereocenters. The average Bonchev–Trinajstić information content (AvgIpc) is 2.45. The zero-order valence-electron chi connectivity index (χ0n) is 8.05. The zero-order valence-corrected chi connectivity index (χ0v) is 8.05. The van der Waals surface area contributed by atoms with Crippen LogP contribution in [0.2, 0.25) is 0 Å². The molecule has 3 atom stereocenters. The SMILES string of the molecule is CC[C@@H]1C=CC[C@]2(C)OCC[C@@H]12. The second-order valence-corrected chi connectivity index (χ2v) is 4.26. The van der Waals surface area contributed by atoms with Gasteiger partial charge in [0.1, 0.15) is 0 Å². The van der Waals surface area contributed by atoms with Crippen molar-refractivity contribution in [1.29, 1.82) is 0 Å². The van der Waals surface area contributed by atoms with Gasteiger partial charge < -0.3 is 4.74 Å². The van der Waals surface area contributed by atoms with Gasteiger partial charge in [-0.15, -0.1) is 0 Å². The van der Waals surface area contributed by atoms with Gasteiger partial charge in [0.25, 0.3) is 0 Å². The summed E-state index contributed by atoms with van der Waals surface area (Å²) in [7, 11) is 0. The average molecular weight is 166 g/mol. The molecule has 1 fully saturated rings. The number of hydrogen-bond acceptors (Lipinski definition) is 1. The van der Waals surface area contributed by atoms with Gasteiger partial charge in [-0.2, -0.15) is 0 Å². The van der Waals surface area contributed by atoms with E-state index in [0.717, 1.165) is 24.9 Å². The highest BCUT2D eigenvalue weighted by atomic mass is 16.5. The van der Waals surface area contributed by atoms with E-state index in [1.54, 1.807) is 0 Å². The second-order valence-electron chi connectivity index (χ2n) is 4.26. The maximum absolute atomic E-state index is 5.83. The van der Waals surface area contributed by atoms with E-state index in [2.05, 4.69) is 26.0 Å². The van der Waals surface area contributed by atoms with Crippen LogP contribution in [-0.2, 0) is 4.74 Å². The van der Waals surface area contributed by atoms with E-state index in [1.165, 1.54) is 12.8 Å². The summed E-state index contributed by atoms with van der Waals surface area (Å²) < 4.78 is 5.83. The number of rotatable bonds is 1. The third-order valence-corrected chi connectivity index (χ3v) is 3.54. The molecule has 12 heavy (non-hydrogen) atoms.